The van der Waals surface area contributed by atoms with Crippen molar-refractivity contribution < 1.29 is 31.9 Å². The van der Waals surface area contributed by atoms with E-state index in [1.807, 2.05) is 0 Å². The monoisotopic (exact) mass is 501 g/mol. The van der Waals surface area contributed by atoms with E-state index in [9.17, 15) is 27.5 Å². The number of alkyl halides is 3. The van der Waals surface area contributed by atoms with Crippen molar-refractivity contribution in [1.29, 1.82) is 0 Å². The van der Waals surface area contributed by atoms with E-state index in [0.717, 1.165) is 12.1 Å². The van der Waals surface area contributed by atoms with Gasteiger partial charge in [0.05, 0.1) is 12.3 Å². The normalized spacial score (nSPS) is 11.8. The van der Waals surface area contributed by atoms with Crippen LogP contribution in [-0.4, -0.2) is 35.8 Å². The number of fused-ring (bicyclic) bond motifs is 1. The van der Waals surface area contributed by atoms with Crippen LogP contribution in [0.5, 0.6) is 5.75 Å². The van der Waals surface area contributed by atoms with Crippen LogP contribution in [0.2, 0.25) is 0 Å². The first-order valence-electron chi connectivity index (χ1n) is 10.4. The number of aliphatic hydroxyl groups is 1. The molecule has 184 valence electrons. The fourth-order valence-electron chi connectivity index (χ4n) is 3.65. The predicted molar refractivity (Wildman–Crippen MR) is 116 cm³/mol. The van der Waals surface area contributed by atoms with Crippen LogP contribution in [0, 0.1) is 5.82 Å². The zero-order valence-electron chi connectivity index (χ0n) is 18.1. The molecule has 3 heterocycles. The average Bonchev–Trinajstić information content (AvgIpc) is 3.46. The number of benzene rings is 2. The number of aliphatic hydroxyl groups excluding tert-OH is 1. The highest BCUT2D eigenvalue weighted by atomic mass is 19.4. The highest BCUT2D eigenvalue weighted by Crippen LogP contribution is 2.26. The van der Waals surface area contributed by atoms with E-state index in [1.165, 1.54) is 57.9 Å². The van der Waals surface area contributed by atoms with Gasteiger partial charge in [-0.1, -0.05) is 5.16 Å². The molecule has 0 aliphatic rings. The molecular formula is C23H15F4N5O4. The zero-order chi connectivity index (χ0) is 25.4. The lowest BCUT2D eigenvalue weighted by Gasteiger charge is -2.08. The van der Waals surface area contributed by atoms with Crippen LogP contribution in [0.1, 0.15) is 11.5 Å². The molecule has 0 aliphatic heterocycles. The molecule has 5 aromatic rings. The highest BCUT2D eigenvalue weighted by molar-refractivity contribution is 5.72. The molecule has 5 rings (SSSR count). The smallest absolute Gasteiger partial charge is 0.406 e. The lowest BCUT2D eigenvalue weighted by atomic mass is 10.1. The molecule has 13 heteroatoms. The number of aromatic nitrogens is 5. The minimum Gasteiger partial charge on any atom is -0.406 e. The topological polar surface area (TPSA) is 108 Å². The number of hydrogen-bond acceptors (Lipinski definition) is 7. The Labute approximate surface area is 198 Å². The third kappa shape index (κ3) is 4.55. The summed E-state index contributed by atoms with van der Waals surface area (Å²) in [4.78, 5) is 17.4. The van der Waals surface area contributed by atoms with Gasteiger partial charge in [0.15, 0.2) is 0 Å². The van der Waals surface area contributed by atoms with Crippen LogP contribution in [0.3, 0.4) is 0 Å². The SMILES string of the molecule is O=c1c2c(CO)c(-c3ccc(F)cc3)nn2ccn1Cc1nc(-c2ccc(OC(F)(F)F)cc2)no1. The number of nitrogens with zero attached hydrogens (tertiary/aromatic N) is 5. The number of rotatable bonds is 6. The second-order valence-corrected chi connectivity index (χ2v) is 7.60. The first kappa shape index (κ1) is 23.2. The van der Waals surface area contributed by atoms with E-state index in [0.29, 0.717) is 16.8 Å². The molecule has 9 nitrogen and oxygen atoms in total. The Morgan fingerprint density at radius 1 is 1.00 bits per heavy atom. The minimum atomic E-state index is -4.81. The maximum atomic E-state index is 13.3. The molecule has 0 spiro atoms. The van der Waals surface area contributed by atoms with Crippen molar-refractivity contribution in [3.63, 3.8) is 0 Å². The molecule has 36 heavy (non-hydrogen) atoms. The predicted octanol–water partition coefficient (Wildman–Crippen LogP) is 3.79. The summed E-state index contributed by atoms with van der Waals surface area (Å²) in [5, 5.41) is 18.1. The molecule has 0 saturated heterocycles. The second-order valence-electron chi connectivity index (χ2n) is 7.60. The van der Waals surface area contributed by atoms with E-state index in [-0.39, 0.29) is 29.3 Å². The van der Waals surface area contributed by atoms with Gasteiger partial charge in [-0.05, 0) is 48.5 Å². The lowest BCUT2D eigenvalue weighted by Crippen LogP contribution is -2.22. The van der Waals surface area contributed by atoms with Crippen molar-refractivity contribution in [2.45, 2.75) is 19.5 Å². The van der Waals surface area contributed by atoms with Crippen LogP contribution in [0.4, 0.5) is 17.6 Å². The fraction of sp³-hybridized carbons (Fsp3) is 0.130. The summed E-state index contributed by atoms with van der Waals surface area (Å²) in [5.41, 5.74) is 1.15. The lowest BCUT2D eigenvalue weighted by molar-refractivity contribution is -0.274. The van der Waals surface area contributed by atoms with Crippen LogP contribution in [0.15, 0.2) is 70.2 Å². The van der Waals surface area contributed by atoms with Gasteiger partial charge in [-0.3, -0.25) is 4.79 Å². The van der Waals surface area contributed by atoms with E-state index < -0.39 is 30.1 Å². The molecule has 0 radical (unpaired) electrons. The standard InChI is InChI=1S/C23H15F4N5O4/c24-15-5-1-13(2-6-15)19-17(12-33)20-22(34)31(9-10-32(20)29-19)11-18-28-21(30-36-18)14-3-7-16(8-4-14)35-23(25,26)27/h1-10,33H,11-12H2. The van der Waals surface area contributed by atoms with Gasteiger partial charge in [0.25, 0.3) is 5.56 Å². The van der Waals surface area contributed by atoms with Gasteiger partial charge >= 0.3 is 6.36 Å². The van der Waals surface area contributed by atoms with E-state index in [2.05, 4.69) is 20.0 Å². The first-order chi connectivity index (χ1) is 17.2. The zero-order valence-corrected chi connectivity index (χ0v) is 18.1. The van der Waals surface area contributed by atoms with Crippen LogP contribution < -0.4 is 10.3 Å². The molecular weight excluding hydrogens is 486 g/mol. The molecule has 2 aromatic carbocycles. The van der Waals surface area contributed by atoms with Crippen molar-refractivity contribution in [2.75, 3.05) is 0 Å². The van der Waals surface area contributed by atoms with Crippen LogP contribution in [0.25, 0.3) is 28.2 Å². The molecule has 0 aliphatic carbocycles. The third-order valence-electron chi connectivity index (χ3n) is 5.26. The molecule has 0 saturated carbocycles. The Bertz CT molecular complexity index is 1590. The second kappa shape index (κ2) is 8.92. The Kier molecular flexibility index (Phi) is 5.76. The number of hydrogen-bond donors (Lipinski definition) is 1. The number of ether oxygens (including phenoxy) is 1. The highest BCUT2D eigenvalue weighted by Gasteiger charge is 2.31. The Hall–Kier alpha value is -4.52. The molecule has 0 atom stereocenters. The summed E-state index contributed by atoms with van der Waals surface area (Å²) in [6.07, 6.45) is -1.84. The fourth-order valence-corrected chi connectivity index (χ4v) is 3.65. The van der Waals surface area contributed by atoms with Gasteiger partial charge in [0.2, 0.25) is 11.7 Å². The van der Waals surface area contributed by atoms with Gasteiger partial charge in [0.1, 0.15) is 23.6 Å². The average molecular weight is 501 g/mol. The summed E-state index contributed by atoms with van der Waals surface area (Å²) < 4.78 is 61.9. The van der Waals surface area contributed by atoms with Gasteiger partial charge in [-0.15, -0.1) is 13.2 Å². The van der Waals surface area contributed by atoms with Crippen molar-refractivity contribution >= 4 is 5.52 Å². The summed E-state index contributed by atoms with van der Waals surface area (Å²) in [5.74, 6) is -0.650. The summed E-state index contributed by atoms with van der Waals surface area (Å²) in [7, 11) is 0. The quantitative estimate of drug-likeness (QED) is 0.353. The van der Waals surface area contributed by atoms with Crippen molar-refractivity contribution in [2.24, 2.45) is 0 Å². The van der Waals surface area contributed by atoms with Gasteiger partial charge in [-0.25, -0.2) is 8.91 Å². The third-order valence-corrected chi connectivity index (χ3v) is 5.26. The summed E-state index contributed by atoms with van der Waals surface area (Å²) >= 11 is 0. The van der Waals surface area contributed by atoms with Gasteiger partial charge < -0.3 is 18.9 Å². The number of halogens is 4. The summed E-state index contributed by atoms with van der Waals surface area (Å²) in [6, 6.07) is 10.4. The van der Waals surface area contributed by atoms with Crippen molar-refractivity contribution in [1.82, 2.24) is 24.3 Å². The Morgan fingerprint density at radius 2 is 1.69 bits per heavy atom. The maximum absolute atomic E-state index is 13.3. The molecule has 0 fully saturated rings. The van der Waals surface area contributed by atoms with E-state index >= 15 is 0 Å². The molecule has 1 N–H and O–H groups in total. The maximum Gasteiger partial charge on any atom is 0.573 e. The summed E-state index contributed by atoms with van der Waals surface area (Å²) in [6.45, 7) is -0.590. The van der Waals surface area contributed by atoms with Crippen LogP contribution >= 0.6 is 0 Å². The Balaban J connectivity index is 1.43. The minimum absolute atomic E-state index is 0.0656. The molecule has 0 bridgehead atoms. The van der Waals surface area contributed by atoms with Crippen molar-refractivity contribution in [3.8, 4) is 28.4 Å². The Morgan fingerprint density at radius 3 is 2.36 bits per heavy atom. The molecule has 3 aromatic heterocycles. The molecule has 0 unspecified atom stereocenters. The molecule has 0 amide bonds. The van der Waals surface area contributed by atoms with Crippen LogP contribution in [-0.2, 0) is 13.2 Å². The van der Waals surface area contributed by atoms with E-state index in [4.69, 9.17) is 4.52 Å². The van der Waals surface area contributed by atoms with Gasteiger partial charge in [0, 0.05) is 29.1 Å². The van der Waals surface area contributed by atoms with Gasteiger partial charge in [-0.2, -0.15) is 10.1 Å². The first-order valence-corrected chi connectivity index (χ1v) is 10.4. The largest absolute Gasteiger partial charge is 0.573 e. The van der Waals surface area contributed by atoms with Crippen molar-refractivity contribution in [3.05, 3.63) is 88.5 Å². The van der Waals surface area contributed by atoms with E-state index in [1.54, 1.807) is 0 Å².